The summed E-state index contributed by atoms with van der Waals surface area (Å²) < 4.78 is 10.4. The fourth-order valence-corrected chi connectivity index (χ4v) is 2.16. The molecule has 21 heavy (non-hydrogen) atoms. The predicted octanol–water partition coefficient (Wildman–Crippen LogP) is 4.11. The lowest BCUT2D eigenvalue weighted by Gasteiger charge is -2.08. The van der Waals surface area contributed by atoms with Gasteiger partial charge in [0.15, 0.2) is 0 Å². The third-order valence-electron chi connectivity index (χ3n) is 2.64. The lowest BCUT2D eigenvalue weighted by Crippen LogP contribution is -2.09. The van der Waals surface area contributed by atoms with Crippen LogP contribution in [0.2, 0.25) is 5.02 Å². The number of hydrogen-bond acceptors (Lipinski definition) is 4. The van der Waals surface area contributed by atoms with Gasteiger partial charge in [-0.2, -0.15) is 0 Å². The molecule has 0 unspecified atom stereocenters. The molecule has 2 rings (SSSR count). The van der Waals surface area contributed by atoms with Crippen LogP contribution in [-0.2, 0) is 4.74 Å². The van der Waals surface area contributed by atoms with E-state index in [9.17, 15) is 9.59 Å². The van der Waals surface area contributed by atoms with E-state index in [0.717, 1.165) is 0 Å². The van der Waals surface area contributed by atoms with Gasteiger partial charge in [-0.25, -0.2) is 9.59 Å². The SMILES string of the molecule is COC(=O)c1ccc(OC(=O)c2ccc(Cl)cc2)c(Br)c1. The maximum Gasteiger partial charge on any atom is 0.343 e. The Balaban J connectivity index is 2.18. The Hall–Kier alpha value is -1.85. The third-order valence-corrected chi connectivity index (χ3v) is 3.51. The molecule has 0 spiro atoms. The lowest BCUT2D eigenvalue weighted by molar-refractivity contribution is 0.0600. The van der Waals surface area contributed by atoms with Crippen molar-refractivity contribution in [3.8, 4) is 5.75 Å². The number of carbonyl (C=O) groups excluding carboxylic acids is 2. The van der Waals surface area contributed by atoms with Crippen molar-refractivity contribution in [2.45, 2.75) is 0 Å². The molecule has 108 valence electrons. The first-order valence-corrected chi connectivity index (χ1v) is 7.04. The molecule has 4 nitrogen and oxygen atoms in total. The average molecular weight is 370 g/mol. The zero-order chi connectivity index (χ0) is 15.4. The molecule has 0 aliphatic carbocycles. The quantitative estimate of drug-likeness (QED) is 0.603. The summed E-state index contributed by atoms with van der Waals surface area (Å²) in [4.78, 5) is 23.4. The Morgan fingerprint density at radius 1 is 1.00 bits per heavy atom. The second kappa shape index (κ2) is 6.74. The lowest BCUT2D eigenvalue weighted by atomic mass is 10.2. The average Bonchev–Trinajstić information content (AvgIpc) is 2.49. The highest BCUT2D eigenvalue weighted by atomic mass is 79.9. The fraction of sp³-hybridized carbons (Fsp3) is 0.0667. The van der Waals surface area contributed by atoms with Gasteiger partial charge in [0.05, 0.1) is 22.7 Å². The minimum atomic E-state index is -0.516. The van der Waals surface area contributed by atoms with Gasteiger partial charge in [-0.05, 0) is 58.4 Å². The molecule has 0 N–H and O–H groups in total. The Labute approximate surface area is 134 Å². The number of ether oxygens (including phenoxy) is 2. The maximum atomic E-state index is 12.0. The smallest absolute Gasteiger partial charge is 0.343 e. The summed E-state index contributed by atoms with van der Waals surface area (Å²) in [5.74, 6) is -0.674. The zero-order valence-electron chi connectivity index (χ0n) is 10.9. The Bertz CT molecular complexity index is 683. The van der Waals surface area contributed by atoms with Crippen LogP contribution >= 0.6 is 27.5 Å². The van der Waals surface area contributed by atoms with Crippen molar-refractivity contribution in [2.24, 2.45) is 0 Å². The molecular weight excluding hydrogens is 360 g/mol. The summed E-state index contributed by atoms with van der Waals surface area (Å²) in [6.45, 7) is 0. The van der Waals surface area contributed by atoms with Gasteiger partial charge in [0.1, 0.15) is 5.75 Å². The van der Waals surface area contributed by atoms with Crippen LogP contribution < -0.4 is 4.74 Å². The van der Waals surface area contributed by atoms with Gasteiger partial charge >= 0.3 is 11.9 Å². The van der Waals surface area contributed by atoms with E-state index in [1.54, 1.807) is 24.3 Å². The molecule has 0 aliphatic rings. The van der Waals surface area contributed by atoms with Crippen LogP contribution in [0.4, 0.5) is 0 Å². The Morgan fingerprint density at radius 2 is 1.62 bits per heavy atom. The normalized spacial score (nSPS) is 10.0. The topological polar surface area (TPSA) is 52.6 Å². The van der Waals surface area contributed by atoms with Gasteiger partial charge in [-0.15, -0.1) is 0 Å². The fourth-order valence-electron chi connectivity index (χ4n) is 1.57. The largest absolute Gasteiger partial charge is 0.465 e. The van der Waals surface area contributed by atoms with Gasteiger partial charge in [0.2, 0.25) is 0 Å². The van der Waals surface area contributed by atoms with E-state index in [4.69, 9.17) is 16.3 Å². The van der Waals surface area contributed by atoms with Gasteiger partial charge < -0.3 is 9.47 Å². The highest BCUT2D eigenvalue weighted by Gasteiger charge is 2.13. The van der Waals surface area contributed by atoms with Crippen LogP contribution in [0.15, 0.2) is 46.9 Å². The van der Waals surface area contributed by atoms with Crippen molar-refractivity contribution in [1.29, 1.82) is 0 Å². The number of halogens is 2. The van der Waals surface area contributed by atoms with E-state index in [-0.39, 0.29) is 0 Å². The molecule has 0 aromatic heterocycles. The summed E-state index contributed by atoms with van der Waals surface area (Å²) in [6.07, 6.45) is 0. The highest BCUT2D eigenvalue weighted by molar-refractivity contribution is 9.10. The minimum Gasteiger partial charge on any atom is -0.465 e. The van der Waals surface area contributed by atoms with Crippen LogP contribution in [0.5, 0.6) is 5.75 Å². The molecule has 0 heterocycles. The first-order chi connectivity index (χ1) is 10.0. The number of rotatable bonds is 3. The van der Waals surface area contributed by atoms with Gasteiger partial charge in [0, 0.05) is 5.02 Å². The second-order valence-electron chi connectivity index (χ2n) is 4.03. The van der Waals surface area contributed by atoms with Crippen LogP contribution in [-0.4, -0.2) is 19.0 Å². The van der Waals surface area contributed by atoms with Crippen molar-refractivity contribution in [1.82, 2.24) is 0 Å². The molecule has 6 heteroatoms. The summed E-state index contributed by atoms with van der Waals surface area (Å²) >= 11 is 9.01. The van der Waals surface area contributed by atoms with Crippen LogP contribution in [0.1, 0.15) is 20.7 Å². The first kappa shape index (κ1) is 15.5. The summed E-state index contributed by atoms with van der Waals surface area (Å²) in [7, 11) is 1.30. The molecule has 0 fully saturated rings. The van der Waals surface area contributed by atoms with Crippen molar-refractivity contribution >= 4 is 39.5 Å². The van der Waals surface area contributed by atoms with E-state index >= 15 is 0 Å². The summed E-state index contributed by atoms with van der Waals surface area (Å²) in [6, 6.07) is 10.9. The van der Waals surface area contributed by atoms with E-state index < -0.39 is 11.9 Å². The molecule has 0 saturated heterocycles. The number of hydrogen-bond donors (Lipinski definition) is 0. The van der Waals surface area contributed by atoms with Crippen LogP contribution in [0.25, 0.3) is 0 Å². The van der Waals surface area contributed by atoms with Crippen molar-refractivity contribution in [2.75, 3.05) is 7.11 Å². The van der Waals surface area contributed by atoms with Crippen molar-refractivity contribution < 1.29 is 19.1 Å². The first-order valence-electron chi connectivity index (χ1n) is 5.87. The number of esters is 2. The molecule has 0 aliphatic heterocycles. The maximum absolute atomic E-state index is 12.0. The molecule has 0 amide bonds. The van der Waals surface area contributed by atoms with Crippen molar-refractivity contribution in [3.63, 3.8) is 0 Å². The minimum absolute atomic E-state index is 0.308. The zero-order valence-corrected chi connectivity index (χ0v) is 13.3. The Morgan fingerprint density at radius 3 is 2.19 bits per heavy atom. The molecule has 2 aromatic rings. The van der Waals surface area contributed by atoms with E-state index in [0.29, 0.717) is 26.4 Å². The standard InChI is InChI=1S/C15H10BrClO4/c1-20-14(18)10-4-7-13(12(16)8-10)21-15(19)9-2-5-11(17)6-3-9/h2-8H,1H3. The van der Waals surface area contributed by atoms with Gasteiger partial charge in [-0.1, -0.05) is 11.6 Å². The number of methoxy groups -OCH3 is 1. The molecule has 0 bridgehead atoms. The Kier molecular flexibility index (Phi) is 4.98. The monoisotopic (exact) mass is 368 g/mol. The summed E-state index contributed by atoms with van der Waals surface area (Å²) in [5, 5.41) is 0.537. The molecule has 0 radical (unpaired) electrons. The molecule has 0 atom stereocenters. The predicted molar refractivity (Wildman–Crippen MR) is 81.9 cm³/mol. The van der Waals surface area contributed by atoms with Crippen molar-refractivity contribution in [3.05, 3.63) is 63.1 Å². The van der Waals surface area contributed by atoms with Gasteiger partial charge in [0.25, 0.3) is 0 Å². The van der Waals surface area contributed by atoms with E-state index in [2.05, 4.69) is 20.7 Å². The second-order valence-corrected chi connectivity index (χ2v) is 5.32. The third kappa shape index (κ3) is 3.83. The number of benzene rings is 2. The summed E-state index contributed by atoms with van der Waals surface area (Å²) in [5.41, 5.74) is 0.735. The number of carbonyl (C=O) groups is 2. The van der Waals surface area contributed by atoms with Crippen LogP contribution in [0.3, 0.4) is 0 Å². The van der Waals surface area contributed by atoms with Gasteiger partial charge in [-0.3, -0.25) is 0 Å². The van der Waals surface area contributed by atoms with E-state index in [1.807, 2.05) is 0 Å². The van der Waals surface area contributed by atoms with Crippen LogP contribution in [0, 0.1) is 0 Å². The molecule has 0 saturated carbocycles. The highest BCUT2D eigenvalue weighted by Crippen LogP contribution is 2.27. The van der Waals surface area contributed by atoms with E-state index in [1.165, 1.54) is 25.3 Å². The molecular formula is C15H10BrClO4. The molecule has 2 aromatic carbocycles.